The normalized spacial score (nSPS) is 23.6. The molecule has 1 aliphatic carbocycles. The van der Waals surface area contributed by atoms with Gasteiger partial charge in [0.15, 0.2) is 5.82 Å². The van der Waals surface area contributed by atoms with Crippen molar-refractivity contribution in [2.45, 2.75) is 37.6 Å². The van der Waals surface area contributed by atoms with Crippen LogP contribution in [0, 0.1) is 0 Å². The second-order valence-corrected chi connectivity index (χ2v) is 4.94. The zero-order valence-corrected chi connectivity index (χ0v) is 10.5. The Kier molecular flexibility index (Phi) is 3.03. The van der Waals surface area contributed by atoms with E-state index in [-0.39, 0.29) is 18.6 Å². The highest BCUT2D eigenvalue weighted by atomic mass is 16.5. The van der Waals surface area contributed by atoms with Gasteiger partial charge in [-0.1, -0.05) is 5.16 Å². The van der Waals surface area contributed by atoms with Gasteiger partial charge in [-0.05, 0) is 25.7 Å². The second-order valence-electron chi connectivity index (χ2n) is 4.94. The van der Waals surface area contributed by atoms with Crippen molar-refractivity contribution < 1.29 is 14.1 Å². The highest BCUT2D eigenvalue weighted by Crippen LogP contribution is 2.39. The van der Waals surface area contributed by atoms with Crippen LogP contribution in [0.4, 0.5) is 0 Å². The first-order valence-electron chi connectivity index (χ1n) is 6.41. The van der Waals surface area contributed by atoms with E-state index in [0.717, 1.165) is 38.1 Å². The highest BCUT2D eigenvalue weighted by Gasteiger charge is 2.36. The maximum Gasteiger partial charge on any atom is 0.249 e. The summed E-state index contributed by atoms with van der Waals surface area (Å²) in [6.07, 6.45) is 4.16. The molecule has 2 aliphatic rings. The molecule has 1 saturated carbocycles. The van der Waals surface area contributed by atoms with Crippen molar-refractivity contribution in [1.29, 1.82) is 0 Å². The average Bonchev–Trinajstić information content (AvgIpc) is 2.93. The van der Waals surface area contributed by atoms with Crippen molar-refractivity contribution >= 4 is 5.91 Å². The van der Waals surface area contributed by atoms with Crippen molar-refractivity contribution in [3.8, 4) is 0 Å². The molecular weight excluding hydrogens is 234 g/mol. The third kappa shape index (κ3) is 2.12. The minimum absolute atomic E-state index is 0.00817. The lowest BCUT2D eigenvalue weighted by molar-refractivity contribution is -0.136. The van der Waals surface area contributed by atoms with Crippen LogP contribution in [-0.4, -0.2) is 41.2 Å². The molecule has 1 saturated heterocycles. The average molecular weight is 251 g/mol. The van der Waals surface area contributed by atoms with Gasteiger partial charge in [0.1, 0.15) is 12.6 Å². The number of amides is 1. The number of hydrogen-bond acceptors (Lipinski definition) is 5. The molecule has 2 heterocycles. The summed E-state index contributed by atoms with van der Waals surface area (Å²) in [6, 6.07) is -0.0624. The van der Waals surface area contributed by atoms with Crippen molar-refractivity contribution in [2.24, 2.45) is 0 Å². The van der Waals surface area contributed by atoms with Gasteiger partial charge in [0.2, 0.25) is 11.8 Å². The van der Waals surface area contributed by atoms with E-state index in [9.17, 15) is 4.79 Å². The van der Waals surface area contributed by atoms with Gasteiger partial charge in [-0.3, -0.25) is 4.79 Å². The summed E-state index contributed by atoms with van der Waals surface area (Å²) in [7, 11) is 1.53. The monoisotopic (exact) mass is 251 g/mol. The molecule has 2 fully saturated rings. The Morgan fingerprint density at radius 2 is 2.33 bits per heavy atom. The third-order valence-electron chi connectivity index (χ3n) is 3.53. The molecule has 0 aromatic carbocycles. The number of rotatable bonds is 4. The fourth-order valence-electron chi connectivity index (χ4n) is 2.42. The molecule has 1 unspecified atom stereocenters. The van der Waals surface area contributed by atoms with E-state index < -0.39 is 0 Å². The van der Waals surface area contributed by atoms with Crippen LogP contribution in [0.1, 0.15) is 49.4 Å². The van der Waals surface area contributed by atoms with Gasteiger partial charge in [0.25, 0.3) is 0 Å². The first kappa shape index (κ1) is 11.6. The Bertz CT molecular complexity index is 442. The number of likely N-dealkylation sites (tertiary alicyclic amines) is 1. The number of nitrogens with zero attached hydrogens (tertiary/aromatic N) is 3. The lowest BCUT2D eigenvalue weighted by Crippen LogP contribution is -2.33. The summed E-state index contributed by atoms with van der Waals surface area (Å²) in [5.74, 6) is 1.85. The maximum atomic E-state index is 11.9. The van der Waals surface area contributed by atoms with Crippen molar-refractivity contribution in [2.75, 3.05) is 20.3 Å². The topological polar surface area (TPSA) is 68.5 Å². The van der Waals surface area contributed by atoms with Crippen LogP contribution >= 0.6 is 0 Å². The minimum atomic E-state index is -0.0624. The molecular formula is C12H17N3O3. The first-order valence-corrected chi connectivity index (χ1v) is 6.41. The summed E-state index contributed by atoms with van der Waals surface area (Å²) in [5.41, 5.74) is 0. The predicted molar refractivity (Wildman–Crippen MR) is 61.8 cm³/mol. The molecule has 0 spiro atoms. The van der Waals surface area contributed by atoms with Gasteiger partial charge >= 0.3 is 0 Å². The molecule has 1 aromatic rings. The number of hydrogen-bond donors (Lipinski definition) is 0. The van der Waals surface area contributed by atoms with Crippen LogP contribution in [0.2, 0.25) is 0 Å². The minimum Gasteiger partial charge on any atom is -0.375 e. The Balaban J connectivity index is 1.74. The molecule has 98 valence electrons. The zero-order valence-electron chi connectivity index (χ0n) is 10.5. The van der Waals surface area contributed by atoms with Crippen LogP contribution < -0.4 is 0 Å². The Hall–Kier alpha value is -1.43. The van der Waals surface area contributed by atoms with E-state index >= 15 is 0 Å². The number of ether oxygens (including phenoxy) is 1. The number of carbonyl (C=O) groups excluding carboxylic acids is 1. The van der Waals surface area contributed by atoms with Gasteiger partial charge in [-0.2, -0.15) is 4.98 Å². The van der Waals surface area contributed by atoms with Crippen LogP contribution in [0.25, 0.3) is 0 Å². The van der Waals surface area contributed by atoms with Crippen molar-refractivity contribution in [3.63, 3.8) is 0 Å². The fourth-order valence-corrected chi connectivity index (χ4v) is 2.42. The van der Waals surface area contributed by atoms with Gasteiger partial charge in [-0.25, -0.2) is 0 Å². The smallest absolute Gasteiger partial charge is 0.249 e. The largest absolute Gasteiger partial charge is 0.375 e. The number of methoxy groups -OCH3 is 1. The van der Waals surface area contributed by atoms with E-state index in [2.05, 4.69) is 10.1 Å². The summed E-state index contributed by atoms with van der Waals surface area (Å²) in [6.45, 7) is 0.855. The summed E-state index contributed by atoms with van der Waals surface area (Å²) in [5, 5.41) is 4.01. The number of aromatic nitrogens is 2. The summed E-state index contributed by atoms with van der Waals surface area (Å²) < 4.78 is 10.2. The lowest BCUT2D eigenvalue weighted by Gasteiger charge is -2.21. The number of carbonyl (C=O) groups is 1. The molecule has 6 nitrogen and oxygen atoms in total. The molecule has 1 aliphatic heterocycles. The molecule has 3 rings (SSSR count). The van der Waals surface area contributed by atoms with Gasteiger partial charge in [-0.15, -0.1) is 0 Å². The lowest BCUT2D eigenvalue weighted by atomic mass is 10.2. The molecule has 0 N–H and O–H groups in total. The molecule has 1 amide bonds. The van der Waals surface area contributed by atoms with Crippen LogP contribution in [0.5, 0.6) is 0 Å². The Labute approximate surface area is 105 Å². The first-order chi connectivity index (χ1) is 8.79. The van der Waals surface area contributed by atoms with Crippen LogP contribution in [0.15, 0.2) is 4.52 Å². The summed E-state index contributed by atoms with van der Waals surface area (Å²) in [4.78, 5) is 18.1. The highest BCUT2D eigenvalue weighted by molar-refractivity contribution is 5.78. The standard InChI is InChI=1S/C12H17N3O3/c1-17-7-10(16)15-6-2-3-9(15)12-13-11(14-18-12)8-4-5-8/h8-9H,2-7H2,1H3. The van der Waals surface area contributed by atoms with Gasteiger partial charge in [0, 0.05) is 19.6 Å². The van der Waals surface area contributed by atoms with E-state index in [1.807, 2.05) is 0 Å². The van der Waals surface area contributed by atoms with Crippen molar-refractivity contribution in [3.05, 3.63) is 11.7 Å². The molecule has 1 atom stereocenters. The zero-order chi connectivity index (χ0) is 12.5. The molecule has 6 heteroatoms. The molecule has 1 aromatic heterocycles. The fraction of sp³-hybridized carbons (Fsp3) is 0.750. The van der Waals surface area contributed by atoms with Gasteiger partial charge < -0.3 is 14.2 Å². The second kappa shape index (κ2) is 4.68. The Morgan fingerprint density at radius 3 is 3.06 bits per heavy atom. The van der Waals surface area contributed by atoms with E-state index in [0.29, 0.717) is 11.8 Å². The molecule has 18 heavy (non-hydrogen) atoms. The van der Waals surface area contributed by atoms with E-state index in [1.54, 1.807) is 4.90 Å². The van der Waals surface area contributed by atoms with Gasteiger partial charge in [0.05, 0.1) is 0 Å². The third-order valence-corrected chi connectivity index (χ3v) is 3.53. The van der Waals surface area contributed by atoms with E-state index in [1.165, 1.54) is 7.11 Å². The SMILES string of the molecule is COCC(=O)N1CCCC1c1nc(C2CC2)no1. The molecule has 0 radical (unpaired) electrons. The Morgan fingerprint density at radius 1 is 1.50 bits per heavy atom. The predicted octanol–water partition coefficient (Wildman–Crippen LogP) is 1.26. The summed E-state index contributed by atoms with van der Waals surface area (Å²) >= 11 is 0. The van der Waals surface area contributed by atoms with Crippen LogP contribution in [-0.2, 0) is 9.53 Å². The molecule has 0 bridgehead atoms. The van der Waals surface area contributed by atoms with E-state index in [4.69, 9.17) is 9.26 Å². The maximum absolute atomic E-state index is 11.9. The quantitative estimate of drug-likeness (QED) is 0.805. The van der Waals surface area contributed by atoms with Crippen molar-refractivity contribution in [1.82, 2.24) is 15.0 Å². The van der Waals surface area contributed by atoms with Crippen LogP contribution in [0.3, 0.4) is 0 Å².